The second kappa shape index (κ2) is 3.15. The maximum atomic E-state index is 10.6. The highest BCUT2D eigenvalue weighted by molar-refractivity contribution is 5.57. The second-order valence-corrected chi connectivity index (χ2v) is 2.71. The van der Waals surface area contributed by atoms with E-state index in [4.69, 9.17) is 14.6 Å². The van der Waals surface area contributed by atoms with Gasteiger partial charge in [0.15, 0.2) is 11.5 Å². The number of rotatable bonds is 2. The van der Waals surface area contributed by atoms with Crippen LogP contribution in [0.2, 0.25) is 0 Å². The van der Waals surface area contributed by atoms with Crippen molar-refractivity contribution in [1.82, 2.24) is 0 Å². The first kappa shape index (κ1) is 8.76. The van der Waals surface area contributed by atoms with Crippen molar-refractivity contribution in [2.45, 2.75) is 6.61 Å². The summed E-state index contributed by atoms with van der Waals surface area (Å²) in [5, 5.41) is 19.6. The molecule has 6 nitrogen and oxygen atoms in total. The highest BCUT2D eigenvalue weighted by atomic mass is 16.7. The first-order valence-electron chi connectivity index (χ1n) is 3.90. The Labute approximate surface area is 78.8 Å². The molecule has 74 valence electrons. The lowest BCUT2D eigenvalue weighted by atomic mass is 10.1. The van der Waals surface area contributed by atoms with E-state index in [1.807, 2.05) is 0 Å². The summed E-state index contributed by atoms with van der Waals surface area (Å²) in [5.41, 5.74) is 0.00162. The van der Waals surface area contributed by atoms with Crippen molar-refractivity contribution in [3.05, 3.63) is 27.8 Å². The SMILES string of the molecule is O=[N+]([O-])c1ccc2c(c1CO)OCO2. The minimum Gasteiger partial charge on any atom is -0.454 e. The molecule has 0 amide bonds. The average Bonchev–Trinajstić information content (AvgIpc) is 2.63. The van der Waals surface area contributed by atoms with Crippen molar-refractivity contribution in [2.24, 2.45) is 0 Å². The van der Waals surface area contributed by atoms with Crippen LogP contribution in [0.25, 0.3) is 0 Å². The average molecular weight is 197 g/mol. The zero-order valence-corrected chi connectivity index (χ0v) is 7.10. The summed E-state index contributed by atoms with van der Waals surface area (Å²) in [6.45, 7) is -0.410. The summed E-state index contributed by atoms with van der Waals surface area (Å²) in [6, 6.07) is 2.75. The maximum Gasteiger partial charge on any atom is 0.278 e. The Bertz CT molecular complexity index is 390. The fraction of sp³-hybridized carbons (Fsp3) is 0.250. The van der Waals surface area contributed by atoms with Crippen LogP contribution in [0.3, 0.4) is 0 Å². The van der Waals surface area contributed by atoms with Gasteiger partial charge in [0.2, 0.25) is 6.79 Å². The molecule has 6 heteroatoms. The number of aliphatic hydroxyl groups is 1. The number of ether oxygens (including phenoxy) is 2. The van der Waals surface area contributed by atoms with E-state index < -0.39 is 11.5 Å². The third kappa shape index (κ3) is 1.16. The number of aliphatic hydroxyl groups excluding tert-OH is 1. The van der Waals surface area contributed by atoms with E-state index in [1.165, 1.54) is 12.1 Å². The number of hydrogen-bond donors (Lipinski definition) is 1. The summed E-state index contributed by atoms with van der Waals surface area (Å²) in [5.74, 6) is 0.696. The Kier molecular flexibility index (Phi) is 1.97. The summed E-state index contributed by atoms with van der Waals surface area (Å²) < 4.78 is 10.0. The largest absolute Gasteiger partial charge is 0.454 e. The molecule has 0 aliphatic carbocycles. The molecule has 0 radical (unpaired) electrons. The van der Waals surface area contributed by atoms with Gasteiger partial charge in [-0.1, -0.05) is 0 Å². The summed E-state index contributed by atoms with van der Waals surface area (Å²) >= 11 is 0. The van der Waals surface area contributed by atoms with E-state index in [1.54, 1.807) is 0 Å². The van der Waals surface area contributed by atoms with Gasteiger partial charge in [0.25, 0.3) is 5.69 Å². The van der Waals surface area contributed by atoms with Crippen molar-refractivity contribution in [3.8, 4) is 11.5 Å². The van der Waals surface area contributed by atoms with E-state index in [2.05, 4.69) is 0 Å². The fourth-order valence-corrected chi connectivity index (χ4v) is 1.34. The maximum absolute atomic E-state index is 10.6. The van der Waals surface area contributed by atoms with Crippen molar-refractivity contribution < 1.29 is 19.5 Å². The van der Waals surface area contributed by atoms with E-state index >= 15 is 0 Å². The number of hydrogen-bond acceptors (Lipinski definition) is 5. The van der Waals surface area contributed by atoms with Gasteiger partial charge in [0.1, 0.15) is 5.56 Å². The van der Waals surface area contributed by atoms with Crippen LogP contribution in [-0.2, 0) is 6.61 Å². The topological polar surface area (TPSA) is 81.8 Å². The van der Waals surface area contributed by atoms with Crippen LogP contribution in [0.15, 0.2) is 12.1 Å². The van der Waals surface area contributed by atoms with Gasteiger partial charge in [-0.2, -0.15) is 0 Å². The first-order chi connectivity index (χ1) is 6.74. The van der Waals surface area contributed by atoms with E-state index in [0.29, 0.717) is 5.75 Å². The van der Waals surface area contributed by atoms with Gasteiger partial charge in [-0.25, -0.2) is 0 Å². The molecule has 0 bridgehead atoms. The number of benzene rings is 1. The number of nitro benzene ring substituents is 1. The molecule has 1 heterocycles. The van der Waals surface area contributed by atoms with Gasteiger partial charge >= 0.3 is 0 Å². The predicted octanol–water partition coefficient (Wildman–Crippen LogP) is 0.816. The summed E-state index contributed by atoms with van der Waals surface area (Å²) in [7, 11) is 0. The van der Waals surface area contributed by atoms with E-state index in [-0.39, 0.29) is 23.8 Å². The molecule has 14 heavy (non-hydrogen) atoms. The molecule has 0 saturated carbocycles. The molecule has 2 rings (SSSR count). The quantitative estimate of drug-likeness (QED) is 0.560. The van der Waals surface area contributed by atoms with Crippen molar-refractivity contribution in [1.29, 1.82) is 0 Å². The minimum absolute atomic E-state index is 0.0313. The third-order valence-corrected chi connectivity index (χ3v) is 1.97. The standard InChI is InChI=1S/C8H7NO5/c10-3-5-6(9(11)12)1-2-7-8(5)14-4-13-7/h1-2,10H,3-4H2. The van der Waals surface area contributed by atoms with Crippen LogP contribution >= 0.6 is 0 Å². The lowest BCUT2D eigenvalue weighted by molar-refractivity contribution is -0.385. The van der Waals surface area contributed by atoms with Gasteiger partial charge in [-0.15, -0.1) is 0 Å². The molecule has 1 aliphatic heterocycles. The van der Waals surface area contributed by atoms with Crippen LogP contribution < -0.4 is 9.47 Å². The normalized spacial score (nSPS) is 12.9. The minimum atomic E-state index is -0.562. The van der Waals surface area contributed by atoms with Crippen LogP contribution in [0.5, 0.6) is 11.5 Å². The Balaban J connectivity index is 2.59. The monoisotopic (exact) mass is 197 g/mol. The fourth-order valence-electron chi connectivity index (χ4n) is 1.34. The van der Waals surface area contributed by atoms with Gasteiger partial charge < -0.3 is 14.6 Å². The van der Waals surface area contributed by atoms with Crippen LogP contribution in [0.4, 0.5) is 5.69 Å². The first-order valence-corrected chi connectivity index (χ1v) is 3.90. The molecule has 0 spiro atoms. The van der Waals surface area contributed by atoms with Gasteiger partial charge in [-0.05, 0) is 6.07 Å². The third-order valence-electron chi connectivity index (χ3n) is 1.97. The lowest BCUT2D eigenvalue weighted by Gasteiger charge is -2.02. The van der Waals surface area contributed by atoms with E-state index in [0.717, 1.165) is 0 Å². The van der Waals surface area contributed by atoms with Crippen molar-refractivity contribution in [3.63, 3.8) is 0 Å². The smallest absolute Gasteiger partial charge is 0.278 e. The number of nitrogens with zero attached hydrogens (tertiary/aromatic N) is 1. The van der Waals surface area contributed by atoms with Crippen LogP contribution in [-0.4, -0.2) is 16.8 Å². The molecule has 0 atom stereocenters. The highest BCUT2D eigenvalue weighted by Crippen LogP contribution is 2.40. The summed E-state index contributed by atoms with van der Waals surface area (Å²) in [4.78, 5) is 10.0. The number of nitro groups is 1. The molecule has 0 aromatic heterocycles. The molecule has 0 unspecified atom stereocenters. The van der Waals surface area contributed by atoms with Crippen molar-refractivity contribution >= 4 is 5.69 Å². The molecule has 1 N–H and O–H groups in total. The molecule has 0 saturated heterocycles. The highest BCUT2D eigenvalue weighted by Gasteiger charge is 2.25. The molecular weight excluding hydrogens is 190 g/mol. The van der Waals surface area contributed by atoms with Crippen LogP contribution in [0.1, 0.15) is 5.56 Å². The second-order valence-electron chi connectivity index (χ2n) is 2.71. The Morgan fingerprint density at radius 2 is 2.29 bits per heavy atom. The number of fused-ring (bicyclic) bond motifs is 1. The van der Waals surface area contributed by atoms with E-state index in [9.17, 15) is 10.1 Å². The lowest BCUT2D eigenvalue weighted by Crippen LogP contribution is -1.98. The Morgan fingerprint density at radius 3 is 2.93 bits per heavy atom. The van der Waals surface area contributed by atoms with Crippen molar-refractivity contribution in [2.75, 3.05) is 6.79 Å². The predicted molar refractivity (Wildman–Crippen MR) is 45.1 cm³/mol. The Hall–Kier alpha value is -1.82. The van der Waals surface area contributed by atoms with Gasteiger partial charge in [-0.3, -0.25) is 10.1 Å². The zero-order chi connectivity index (χ0) is 10.1. The van der Waals surface area contributed by atoms with Gasteiger partial charge in [0.05, 0.1) is 11.5 Å². The molecule has 0 fully saturated rings. The zero-order valence-electron chi connectivity index (χ0n) is 7.10. The molecule has 1 aromatic carbocycles. The summed E-state index contributed by atoms with van der Waals surface area (Å²) in [6.07, 6.45) is 0. The molecule has 1 aliphatic rings. The van der Waals surface area contributed by atoms with Crippen LogP contribution in [0, 0.1) is 10.1 Å². The molecule has 1 aromatic rings. The van der Waals surface area contributed by atoms with Gasteiger partial charge in [0, 0.05) is 6.07 Å². The Morgan fingerprint density at radius 1 is 1.50 bits per heavy atom. The molecular formula is C8H7NO5.